The number of alkyl halides is 6. The van der Waals surface area contributed by atoms with Crippen LogP contribution in [-0.2, 0) is 17.4 Å². The lowest BCUT2D eigenvalue weighted by Crippen LogP contribution is -2.22. The Labute approximate surface area is 106 Å². The number of nitrogens with zero attached hydrogens (tertiary/aromatic N) is 1. The molecule has 0 atom stereocenters. The summed E-state index contributed by atoms with van der Waals surface area (Å²) in [6.45, 7) is 0. The maximum absolute atomic E-state index is 12.5. The molecular weight excluding hydrogens is 300 g/mol. The summed E-state index contributed by atoms with van der Waals surface area (Å²) < 4.78 is 76.5. The average molecular weight is 305 g/mol. The second-order valence-corrected chi connectivity index (χ2v) is 3.42. The Kier molecular flexibility index (Phi) is 4.01. The smallest absolute Gasteiger partial charge is 0.506 e. The normalized spacial score (nSPS) is 12.3. The second kappa shape index (κ2) is 5.06. The van der Waals surface area contributed by atoms with Crippen molar-refractivity contribution in [3.63, 3.8) is 0 Å². The number of halogens is 6. The number of pyridine rings is 1. The zero-order valence-corrected chi connectivity index (χ0v) is 9.21. The van der Waals surface area contributed by atoms with E-state index in [2.05, 4.69) is 9.72 Å². The van der Waals surface area contributed by atoms with E-state index in [9.17, 15) is 31.1 Å². The molecule has 112 valence electrons. The molecule has 0 fully saturated rings. The molecule has 0 amide bonds. The maximum atomic E-state index is 12.5. The first-order valence-corrected chi connectivity index (χ1v) is 4.68. The Morgan fingerprint density at radius 3 is 2.20 bits per heavy atom. The van der Waals surface area contributed by atoms with Gasteiger partial charge in [0.15, 0.2) is 0 Å². The van der Waals surface area contributed by atoms with Gasteiger partial charge in [-0.05, 0) is 6.07 Å². The third-order valence-corrected chi connectivity index (χ3v) is 1.88. The lowest BCUT2D eigenvalue weighted by molar-refractivity contribution is -0.278. The van der Waals surface area contributed by atoms with Gasteiger partial charge in [0, 0.05) is 0 Å². The Balaban J connectivity index is 3.38. The fraction of sp³-hybridized carbons (Fsp3) is 0.333. The molecule has 20 heavy (non-hydrogen) atoms. The molecule has 0 aliphatic heterocycles. The van der Waals surface area contributed by atoms with Crippen LogP contribution in [0.5, 0.6) is 11.6 Å². The Hall–Kier alpha value is -2.20. The van der Waals surface area contributed by atoms with Crippen LogP contribution in [0.25, 0.3) is 0 Å². The van der Waals surface area contributed by atoms with Crippen molar-refractivity contribution in [2.75, 3.05) is 0 Å². The highest BCUT2D eigenvalue weighted by atomic mass is 19.4. The zero-order chi connectivity index (χ0) is 15.7. The molecule has 0 bridgehead atoms. The first-order valence-electron chi connectivity index (χ1n) is 4.68. The van der Waals surface area contributed by atoms with Crippen molar-refractivity contribution in [1.82, 2.24) is 4.98 Å². The van der Waals surface area contributed by atoms with Crippen LogP contribution in [0.3, 0.4) is 0 Å². The summed E-state index contributed by atoms with van der Waals surface area (Å²) in [6.07, 6.45) is -11.8. The molecule has 0 aliphatic rings. The van der Waals surface area contributed by atoms with Crippen LogP contribution in [0, 0.1) is 0 Å². The van der Waals surface area contributed by atoms with Crippen molar-refractivity contribution in [3.05, 3.63) is 17.3 Å². The van der Waals surface area contributed by atoms with Crippen molar-refractivity contribution >= 4 is 5.97 Å². The van der Waals surface area contributed by atoms with E-state index in [4.69, 9.17) is 10.2 Å². The first-order chi connectivity index (χ1) is 8.90. The number of ether oxygens (including phenoxy) is 1. The van der Waals surface area contributed by atoms with Gasteiger partial charge in [-0.2, -0.15) is 13.2 Å². The quantitative estimate of drug-likeness (QED) is 0.838. The van der Waals surface area contributed by atoms with Crippen LogP contribution in [-0.4, -0.2) is 27.5 Å². The molecule has 0 aliphatic carbocycles. The molecular formula is C9H5F6NO4. The summed E-state index contributed by atoms with van der Waals surface area (Å²) in [6, 6.07) is -0.0770. The predicted molar refractivity (Wildman–Crippen MR) is 48.9 cm³/mol. The standard InChI is InChI=1S/C9H5F6NO4/c10-8(11,12)3-1-5(17)4(2-6(18)19)16-7(3)20-9(13,14)15/h1,17H,2H2,(H,18,19). The predicted octanol–water partition coefficient (Wildman–Crippen LogP) is 2.33. The number of carboxylic acids is 1. The van der Waals surface area contributed by atoms with E-state index < -0.39 is 47.8 Å². The van der Waals surface area contributed by atoms with Crippen LogP contribution in [0.4, 0.5) is 26.3 Å². The van der Waals surface area contributed by atoms with E-state index >= 15 is 0 Å². The van der Waals surface area contributed by atoms with E-state index in [0.29, 0.717) is 0 Å². The van der Waals surface area contributed by atoms with E-state index in [1.165, 1.54) is 0 Å². The van der Waals surface area contributed by atoms with Crippen molar-refractivity contribution in [2.24, 2.45) is 0 Å². The minimum absolute atomic E-state index is 0.0770. The van der Waals surface area contributed by atoms with Crippen LogP contribution in [0.15, 0.2) is 6.07 Å². The largest absolute Gasteiger partial charge is 0.574 e. The Morgan fingerprint density at radius 2 is 1.80 bits per heavy atom. The van der Waals surface area contributed by atoms with Crippen LogP contribution in [0.1, 0.15) is 11.3 Å². The topological polar surface area (TPSA) is 79.7 Å². The minimum Gasteiger partial charge on any atom is -0.506 e. The highest BCUT2D eigenvalue weighted by Gasteiger charge is 2.41. The number of aromatic hydroxyl groups is 1. The number of aromatic nitrogens is 1. The molecule has 0 saturated heterocycles. The number of hydrogen-bond acceptors (Lipinski definition) is 4. The number of aliphatic carboxylic acids is 1. The molecule has 5 nitrogen and oxygen atoms in total. The monoisotopic (exact) mass is 305 g/mol. The molecule has 11 heteroatoms. The van der Waals surface area contributed by atoms with Gasteiger partial charge in [0.25, 0.3) is 0 Å². The highest BCUT2D eigenvalue weighted by molar-refractivity contribution is 5.70. The van der Waals surface area contributed by atoms with E-state index in [1.807, 2.05) is 0 Å². The fourth-order valence-corrected chi connectivity index (χ4v) is 1.19. The molecule has 1 heterocycles. The molecule has 0 saturated carbocycles. The number of hydrogen-bond donors (Lipinski definition) is 2. The fourth-order valence-electron chi connectivity index (χ4n) is 1.19. The van der Waals surface area contributed by atoms with Crippen molar-refractivity contribution in [3.8, 4) is 11.6 Å². The van der Waals surface area contributed by atoms with Gasteiger partial charge in [-0.25, -0.2) is 4.98 Å². The number of carboxylic acid groups (broad SMARTS) is 1. The number of carbonyl (C=O) groups is 1. The molecule has 1 rings (SSSR count). The van der Waals surface area contributed by atoms with E-state index in [0.717, 1.165) is 0 Å². The minimum atomic E-state index is -5.45. The average Bonchev–Trinajstić information content (AvgIpc) is 2.17. The third kappa shape index (κ3) is 4.17. The van der Waals surface area contributed by atoms with Crippen LogP contribution < -0.4 is 4.74 Å². The van der Waals surface area contributed by atoms with Gasteiger partial charge < -0.3 is 14.9 Å². The van der Waals surface area contributed by atoms with Crippen molar-refractivity contribution in [1.29, 1.82) is 0 Å². The summed E-state index contributed by atoms with van der Waals surface area (Å²) in [4.78, 5) is 13.1. The molecule has 2 N–H and O–H groups in total. The molecule has 0 radical (unpaired) electrons. The van der Waals surface area contributed by atoms with Gasteiger partial charge in [0.2, 0.25) is 5.88 Å². The molecule has 0 spiro atoms. The van der Waals surface area contributed by atoms with Gasteiger partial charge in [0.1, 0.15) is 11.3 Å². The molecule has 0 aromatic carbocycles. The van der Waals surface area contributed by atoms with Gasteiger partial charge in [-0.1, -0.05) is 0 Å². The summed E-state index contributed by atoms with van der Waals surface area (Å²) >= 11 is 0. The first kappa shape index (κ1) is 15.9. The maximum Gasteiger partial charge on any atom is 0.574 e. The van der Waals surface area contributed by atoms with Crippen LogP contribution >= 0.6 is 0 Å². The second-order valence-electron chi connectivity index (χ2n) is 3.42. The summed E-state index contributed by atoms with van der Waals surface area (Å²) in [5.74, 6) is -4.68. The molecule has 1 aromatic heterocycles. The van der Waals surface area contributed by atoms with Crippen LogP contribution in [0.2, 0.25) is 0 Å². The molecule has 0 unspecified atom stereocenters. The zero-order valence-electron chi connectivity index (χ0n) is 9.21. The summed E-state index contributed by atoms with van der Waals surface area (Å²) in [7, 11) is 0. The van der Waals surface area contributed by atoms with E-state index in [1.54, 1.807) is 0 Å². The highest BCUT2D eigenvalue weighted by Crippen LogP contribution is 2.39. The summed E-state index contributed by atoms with van der Waals surface area (Å²) in [5, 5.41) is 17.6. The van der Waals surface area contributed by atoms with Gasteiger partial charge >= 0.3 is 18.5 Å². The molecule has 1 aromatic rings. The van der Waals surface area contributed by atoms with Crippen molar-refractivity contribution < 1.29 is 46.1 Å². The van der Waals surface area contributed by atoms with E-state index in [-0.39, 0.29) is 6.07 Å². The Bertz CT molecular complexity index is 524. The number of rotatable bonds is 3. The van der Waals surface area contributed by atoms with Crippen molar-refractivity contribution in [2.45, 2.75) is 19.0 Å². The van der Waals surface area contributed by atoms with Gasteiger partial charge in [-0.15, -0.1) is 13.2 Å². The Morgan fingerprint density at radius 1 is 1.25 bits per heavy atom. The lowest BCUT2D eigenvalue weighted by atomic mass is 10.2. The van der Waals surface area contributed by atoms with Gasteiger partial charge in [-0.3, -0.25) is 4.79 Å². The third-order valence-electron chi connectivity index (χ3n) is 1.88. The summed E-state index contributed by atoms with van der Waals surface area (Å²) in [5.41, 5.74) is -2.86. The SMILES string of the molecule is O=C(O)Cc1nc(OC(F)(F)F)c(C(F)(F)F)cc1O. The lowest BCUT2D eigenvalue weighted by Gasteiger charge is -2.15. The van der Waals surface area contributed by atoms with Gasteiger partial charge in [0.05, 0.1) is 12.1 Å².